The molecular weight excluding hydrogens is 245 g/mol. The van der Waals surface area contributed by atoms with Crippen molar-refractivity contribution in [3.8, 4) is 0 Å². The first-order valence-electron chi connectivity index (χ1n) is 5.36. The molecule has 0 aliphatic carbocycles. The molecule has 0 radical (unpaired) electrons. The third kappa shape index (κ3) is 2.31. The maximum Gasteiger partial charge on any atom is 0.263 e. The minimum Gasteiger partial charge on any atom is -0.314 e. The molecule has 0 aromatic carbocycles. The van der Waals surface area contributed by atoms with Gasteiger partial charge in [0.05, 0.1) is 0 Å². The van der Waals surface area contributed by atoms with E-state index in [-0.39, 0.29) is 6.04 Å². The molecule has 1 N–H and O–H groups in total. The van der Waals surface area contributed by atoms with Gasteiger partial charge in [-0.05, 0) is 19.1 Å². The minimum absolute atomic E-state index is 0.199. The van der Waals surface area contributed by atoms with E-state index in [4.69, 9.17) is 0 Å². The minimum atomic E-state index is -3.83. The molecule has 1 atom stereocenters. The van der Waals surface area contributed by atoms with E-state index in [1.54, 1.807) is 6.92 Å². The first-order chi connectivity index (χ1) is 8.03. The number of piperazine rings is 1. The highest BCUT2D eigenvalue weighted by atomic mass is 32.2. The Kier molecular flexibility index (Phi) is 3.41. The van der Waals surface area contributed by atoms with E-state index in [0.29, 0.717) is 19.6 Å². The fourth-order valence-electron chi connectivity index (χ4n) is 1.85. The Morgan fingerprint density at radius 1 is 1.59 bits per heavy atom. The molecule has 1 saturated heterocycles. The average Bonchev–Trinajstić information content (AvgIpc) is 2.29. The molecule has 7 heteroatoms. The Morgan fingerprint density at radius 2 is 2.35 bits per heavy atom. The summed E-state index contributed by atoms with van der Waals surface area (Å²) in [6.07, 6.45) is 1.28. The van der Waals surface area contributed by atoms with E-state index in [9.17, 15) is 12.8 Å². The summed E-state index contributed by atoms with van der Waals surface area (Å²) in [6, 6.07) is 2.28. The van der Waals surface area contributed by atoms with Crippen LogP contribution in [0.4, 0.5) is 4.39 Å². The summed E-state index contributed by atoms with van der Waals surface area (Å²) in [4.78, 5) is 3.63. The van der Waals surface area contributed by atoms with Gasteiger partial charge >= 0.3 is 0 Å². The standard InChI is InChI=1S/C10H14FN3O2S/c1-8-7-12-5-6-14(8)17(15,16)10-9(11)3-2-4-13-10/h2-4,8,12H,5-7H2,1H3. The van der Waals surface area contributed by atoms with Gasteiger partial charge < -0.3 is 5.32 Å². The van der Waals surface area contributed by atoms with Gasteiger partial charge in [-0.2, -0.15) is 4.31 Å². The molecule has 0 amide bonds. The highest BCUT2D eigenvalue weighted by Gasteiger charge is 2.33. The first kappa shape index (κ1) is 12.4. The molecule has 1 aliphatic rings. The summed E-state index contributed by atoms with van der Waals surface area (Å²) in [5.41, 5.74) is 0. The molecule has 1 aliphatic heterocycles. The number of aromatic nitrogens is 1. The zero-order valence-corrected chi connectivity index (χ0v) is 10.2. The molecule has 1 unspecified atom stereocenters. The van der Waals surface area contributed by atoms with Crippen LogP contribution < -0.4 is 5.32 Å². The van der Waals surface area contributed by atoms with E-state index in [1.165, 1.54) is 16.6 Å². The van der Waals surface area contributed by atoms with Gasteiger partial charge in [0.15, 0.2) is 5.82 Å². The zero-order valence-electron chi connectivity index (χ0n) is 9.43. The van der Waals surface area contributed by atoms with Gasteiger partial charge in [0.25, 0.3) is 10.0 Å². The number of hydrogen-bond donors (Lipinski definition) is 1. The number of halogens is 1. The van der Waals surface area contributed by atoms with Crippen LogP contribution in [0.25, 0.3) is 0 Å². The Hall–Kier alpha value is -1.05. The van der Waals surface area contributed by atoms with Gasteiger partial charge in [-0.25, -0.2) is 17.8 Å². The van der Waals surface area contributed by atoms with Crippen molar-refractivity contribution in [2.24, 2.45) is 0 Å². The normalized spacial score (nSPS) is 22.6. The largest absolute Gasteiger partial charge is 0.314 e. The van der Waals surface area contributed by atoms with Crippen molar-refractivity contribution in [1.82, 2.24) is 14.6 Å². The van der Waals surface area contributed by atoms with Gasteiger partial charge in [0.2, 0.25) is 5.03 Å². The van der Waals surface area contributed by atoms with Gasteiger partial charge in [-0.3, -0.25) is 0 Å². The van der Waals surface area contributed by atoms with Crippen LogP contribution in [0.1, 0.15) is 6.92 Å². The summed E-state index contributed by atoms with van der Waals surface area (Å²) in [7, 11) is -3.83. The van der Waals surface area contributed by atoms with Crippen molar-refractivity contribution in [2.75, 3.05) is 19.6 Å². The molecule has 1 fully saturated rings. The Balaban J connectivity index is 2.39. The number of pyridine rings is 1. The van der Waals surface area contributed by atoms with Crippen LogP contribution >= 0.6 is 0 Å². The van der Waals surface area contributed by atoms with Crippen LogP contribution in [-0.2, 0) is 10.0 Å². The highest BCUT2D eigenvalue weighted by molar-refractivity contribution is 7.89. The molecular formula is C10H14FN3O2S. The molecule has 1 aromatic heterocycles. The number of rotatable bonds is 2. The fourth-order valence-corrected chi connectivity index (χ4v) is 3.46. The Morgan fingerprint density at radius 3 is 3.00 bits per heavy atom. The molecule has 0 spiro atoms. The van der Waals surface area contributed by atoms with E-state index < -0.39 is 20.9 Å². The number of nitrogens with one attached hydrogen (secondary N) is 1. The van der Waals surface area contributed by atoms with Crippen LogP contribution in [-0.4, -0.2) is 43.4 Å². The van der Waals surface area contributed by atoms with Gasteiger partial charge in [-0.1, -0.05) is 0 Å². The highest BCUT2D eigenvalue weighted by Crippen LogP contribution is 2.19. The summed E-state index contributed by atoms with van der Waals surface area (Å²) in [5, 5.41) is 2.59. The van der Waals surface area contributed by atoms with E-state index >= 15 is 0 Å². The number of nitrogens with zero attached hydrogens (tertiary/aromatic N) is 2. The monoisotopic (exact) mass is 259 g/mol. The van der Waals surface area contributed by atoms with E-state index in [2.05, 4.69) is 10.3 Å². The molecule has 1 aromatic rings. The predicted molar refractivity (Wildman–Crippen MR) is 60.4 cm³/mol. The molecule has 2 rings (SSSR count). The second-order valence-electron chi connectivity index (χ2n) is 3.96. The zero-order chi connectivity index (χ0) is 12.5. The van der Waals surface area contributed by atoms with Gasteiger partial charge in [-0.15, -0.1) is 0 Å². The SMILES string of the molecule is CC1CNCCN1S(=O)(=O)c1ncccc1F. The molecule has 2 heterocycles. The smallest absolute Gasteiger partial charge is 0.263 e. The van der Waals surface area contributed by atoms with Crippen LogP contribution in [0, 0.1) is 5.82 Å². The number of sulfonamides is 1. The van der Waals surface area contributed by atoms with Gasteiger partial charge in [0, 0.05) is 31.9 Å². The fraction of sp³-hybridized carbons (Fsp3) is 0.500. The van der Waals surface area contributed by atoms with Crippen LogP contribution in [0.15, 0.2) is 23.4 Å². The van der Waals surface area contributed by atoms with E-state index in [0.717, 1.165) is 6.07 Å². The van der Waals surface area contributed by atoms with Crippen molar-refractivity contribution < 1.29 is 12.8 Å². The van der Waals surface area contributed by atoms with Crippen molar-refractivity contribution >= 4 is 10.0 Å². The van der Waals surface area contributed by atoms with Crippen LogP contribution in [0.5, 0.6) is 0 Å². The third-order valence-corrected chi connectivity index (χ3v) is 4.67. The molecule has 0 bridgehead atoms. The maximum atomic E-state index is 13.5. The second-order valence-corrected chi connectivity index (χ2v) is 5.77. The third-order valence-electron chi connectivity index (χ3n) is 2.72. The molecule has 0 saturated carbocycles. The molecule has 94 valence electrons. The Bertz CT molecular complexity index is 506. The van der Waals surface area contributed by atoms with Crippen molar-refractivity contribution in [2.45, 2.75) is 18.0 Å². The quantitative estimate of drug-likeness (QED) is 0.824. The van der Waals surface area contributed by atoms with Crippen molar-refractivity contribution in [3.05, 3.63) is 24.1 Å². The summed E-state index contributed by atoms with van der Waals surface area (Å²) >= 11 is 0. The lowest BCUT2D eigenvalue weighted by molar-refractivity contribution is 0.282. The van der Waals surface area contributed by atoms with Crippen LogP contribution in [0.3, 0.4) is 0 Å². The summed E-state index contributed by atoms with van der Waals surface area (Å²) < 4.78 is 39.2. The topological polar surface area (TPSA) is 62.3 Å². The first-order valence-corrected chi connectivity index (χ1v) is 6.80. The van der Waals surface area contributed by atoms with Crippen LogP contribution in [0.2, 0.25) is 0 Å². The average molecular weight is 259 g/mol. The van der Waals surface area contributed by atoms with Crippen molar-refractivity contribution in [1.29, 1.82) is 0 Å². The lowest BCUT2D eigenvalue weighted by atomic mass is 10.3. The summed E-state index contributed by atoms with van der Waals surface area (Å²) in [5.74, 6) is -0.807. The Labute approximate surface area is 99.7 Å². The maximum absolute atomic E-state index is 13.5. The lowest BCUT2D eigenvalue weighted by Crippen LogP contribution is -2.52. The second kappa shape index (κ2) is 4.67. The van der Waals surface area contributed by atoms with E-state index in [1.807, 2.05) is 0 Å². The predicted octanol–water partition coefficient (Wildman–Crippen LogP) is 0.203. The lowest BCUT2D eigenvalue weighted by Gasteiger charge is -2.32. The van der Waals surface area contributed by atoms with Crippen molar-refractivity contribution in [3.63, 3.8) is 0 Å². The molecule has 5 nitrogen and oxygen atoms in total. The molecule has 17 heavy (non-hydrogen) atoms. The summed E-state index contributed by atoms with van der Waals surface area (Å²) in [6.45, 7) is 3.25. The number of hydrogen-bond acceptors (Lipinski definition) is 4. The van der Waals surface area contributed by atoms with Gasteiger partial charge in [0.1, 0.15) is 0 Å².